The molecule has 0 aliphatic rings. The summed E-state index contributed by atoms with van der Waals surface area (Å²) in [5, 5.41) is 4.19. The Morgan fingerprint density at radius 2 is 2.06 bits per heavy atom. The zero-order chi connectivity index (χ0) is 12.5. The van der Waals surface area contributed by atoms with Gasteiger partial charge in [0.2, 0.25) is 0 Å². The van der Waals surface area contributed by atoms with Gasteiger partial charge < -0.3 is 5.73 Å². The second-order valence-corrected chi connectivity index (χ2v) is 5.46. The van der Waals surface area contributed by atoms with Crippen LogP contribution in [0.1, 0.15) is 39.4 Å². The molecule has 0 aromatic carbocycles. The number of hydrogen-bond acceptors (Lipinski definition) is 2. The zero-order valence-corrected chi connectivity index (χ0v) is 11.8. The van der Waals surface area contributed by atoms with Crippen molar-refractivity contribution in [3.63, 3.8) is 0 Å². The maximum absolute atomic E-state index is 14.9. The summed E-state index contributed by atoms with van der Waals surface area (Å²) in [6.45, 7) is 7.57. The number of nitrogens with zero attached hydrogens (tertiary/aromatic N) is 2. The number of rotatable bonds is 4. The summed E-state index contributed by atoms with van der Waals surface area (Å²) in [5.41, 5.74) is 4.60. The van der Waals surface area contributed by atoms with Gasteiger partial charge in [-0.2, -0.15) is 5.10 Å². The van der Waals surface area contributed by atoms with E-state index in [0.717, 1.165) is 0 Å². The molecule has 1 unspecified atom stereocenters. The van der Waals surface area contributed by atoms with Crippen molar-refractivity contribution in [1.29, 1.82) is 0 Å². The molecule has 0 spiro atoms. The lowest BCUT2D eigenvalue weighted by atomic mass is 9.89. The minimum absolute atomic E-state index is 0.0400. The number of hydrogen-bond donors (Lipinski definition) is 1. The van der Waals surface area contributed by atoms with Gasteiger partial charge in [-0.15, -0.1) is 0 Å². The van der Waals surface area contributed by atoms with E-state index in [-0.39, 0.29) is 18.5 Å². The van der Waals surface area contributed by atoms with Gasteiger partial charge in [-0.1, -0.05) is 13.8 Å². The predicted molar refractivity (Wildman–Crippen MR) is 67.0 cm³/mol. The summed E-state index contributed by atoms with van der Waals surface area (Å²) < 4.78 is 17.2. The van der Waals surface area contributed by atoms with E-state index < -0.39 is 5.67 Å². The molecule has 1 aromatic heterocycles. The minimum Gasteiger partial charge on any atom is -0.327 e. The molecule has 0 saturated carbocycles. The van der Waals surface area contributed by atoms with Crippen LogP contribution in [0, 0.1) is 5.92 Å². The van der Waals surface area contributed by atoms with Crippen molar-refractivity contribution in [3.8, 4) is 0 Å². The van der Waals surface area contributed by atoms with Crippen molar-refractivity contribution in [1.82, 2.24) is 9.78 Å². The number of nitrogens with two attached hydrogens (primary N) is 1. The topological polar surface area (TPSA) is 43.8 Å². The fourth-order valence-corrected chi connectivity index (χ4v) is 2.33. The molecule has 1 atom stereocenters. The Morgan fingerprint density at radius 3 is 2.44 bits per heavy atom. The lowest BCUT2D eigenvalue weighted by Gasteiger charge is -2.30. The highest BCUT2D eigenvalue weighted by Crippen LogP contribution is 2.38. The summed E-state index contributed by atoms with van der Waals surface area (Å²) in [6, 6.07) is 0.113. The highest BCUT2D eigenvalue weighted by atomic mass is 79.9. The Morgan fingerprint density at radius 1 is 1.50 bits per heavy atom. The smallest absolute Gasteiger partial charge is 0.167 e. The highest BCUT2D eigenvalue weighted by molar-refractivity contribution is 9.10. The first-order chi connectivity index (χ1) is 7.34. The molecule has 1 heterocycles. The molecule has 1 aromatic rings. The van der Waals surface area contributed by atoms with Crippen LogP contribution in [0.25, 0.3) is 0 Å². The van der Waals surface area contributed by atoms with Crippen LogP contribution >= 0.6 is 15.9 Å². The first kappa shape index (κ1) is 13.6. The quantitative estimate of drug-likeness (QED) is 0.927. The molecule has 0 bridgehead atoms. The standard InChI is InChI=1S/C11H19BrFN3/c1-7(2)11(13,6-14)10-9(12)5-15-16(10)8(3)4/h5,7-8H,6,14H2,1-4H3. The molecular weight excluding hydrogens is 273 g/mol. The largest absolute Gasteiger partial charge is 0.327 e. The average molecular weight is 292 g/mol. The predicted octanol–water partition coefficient (Wildman–Crippen LogP) is 3.01. The fourth-order valence-electron chi connectivity index (χ4n) is 1.73. The van der Waals surface area contributed by atoms with Crippen molar-refractivity contribution in [2.75, 3.05) is 6.54 Å². The summed E-state index contributed by atoms with van der Waals surface area (Å²) in [5.74, 6) is -0.192. The first-order valence-corrected chi connectivity index (χ1v) is 6.26. The van der Waals surface area contributed by atoms with Crippen molar-refractivity contribution < 1.29 is 4.39 Å². The third-order valence-electron chi connectivity index (χ3n) is 2.85. The fraction of sp³-hybridized carbons (Fsp3) is 0.727. The van der Waals surface area contributed by atoms with Gasteiger partial charge in [0.1, 0.15) is 0 Å². The zero-order valence-electron chi connectivity index (χ0n) is 10.2. The first-order valence-electron chi connectivity index (χ1n) is 5.47. The summed E-state index contributed by atoms with van der Waals surface area (Å²) >= 11 is 3.35. The number of alkyl halides is 1. The van der Waals surface area contributed by atoms with Gasteiger partial charge in [0.25, 0.3) is 0 Å². The number of aromatic nitrogens is 2. The lowest BCUT2D eigenvalue weighted by molar-refractivity contribution is 0.0944. The van der Waals surface area contributed by atoms with Gasteiger partial charge in [-0.25, -0.2) is 4.39 Å². The van der Waals surface area contributed by atoms with E-state index in [9.17, 15) is 4.39 Å². The average Bonchev–Trinajstić information content (AvgIpc) is 2.59. The Balaban J connectivity index is 3.34. The van der Waals surface area contributed by atoms with Crippen LogP contribution in [0.4, 0.5) is 4.39 Å². The molecule has 0 aliphatic heterocycles. The maximum atomic E-state index is 14.9. The van der Waals surface area contributed by atoms with Crippen LogP contribution in [0.2, 0.25) is 0 Å². The van der Waals surface area contributed by atoms with Crippen LogP contribution in [-0.2, 0) is 5.67 Å². The second kappa shape index (κ2) is 4.84. The minimum atomic E-state index is -1.54. The van der Waals surface area contributed by atoms with E-state index in [4.69, 9.17) is 5.73 Å². The number of halogens is 2. The Kier molecular flexibility index (Phi) is 4.12. The van der Waals surface area contributed by atoms with Crippen LogP contribution in [0.3, 0.4) is 0 Å². The SMILES string of the molecule is CC(C)n1ncc(Br)c1C(F)(CN)C(C)C. The van der Waals surface area contributed by atoms with E-state index in [2.05, 4.69) is 21.0 Å². The van der Waals surface area contributed by atoms with E-state index in [0.29, 0.717) is 10.2 Å². The van der Waals surface area contributed by atoms with Gasteiger partial charge in [0.15, 0.2) is 5.67 Å². The molecule has 0 aliphatic carbocycles. The summed E-state index contributed by atoms with van der Waals surface area (Å²) in [7, 11) is 0. The van der Waals surface area contributed by atoms with E-state index >= 15 is 0 Å². The molecule has 92 valence electrons. The maximum Gasteiger partial charge on any atom is 0.167 e. The van der Waals surface area contributed by atoms with Crippen molar-refractivity contribution in [3.05, 3.63) is 16.4 Å². The molecule has 0 amide bonds. The normalized spacial score (nSPS) is 15.8. The summed E-state index contributed by atoms with van der Waals surface area (Å²) in [4.78, 5) is 0. The molecule has 16 heavy (non-hydrogen) atoms. The van der Waals surface area contributed by atoms with Crippen molar-refractivity contribution in [2.24, 2.45) is 11.7 Å². The van der Waals surface area contributed by atoms with E-state index in [1.807, 2.05) is 27.7 Å². The van der Waals surface area contributed by atoms with Gasteiger partial charge in [0, 0.05) is 12.6 Å². The monoisotopic (exact) mass is 291 g/mol. The van der Waals surface area contributed by atoms with E-state index in [1.54, 1.807) is 10.9 Å². The molecule has 0 radical (unpaired) electrons. The molecule has 3 nitrogen and oxygen atoms in total. The van der Waals surface area contributed by atoms with E-state index in [1.165, 1.54) is 0 Å². The van der Waals surface area contributed by atoms with Gasteiger partial charge in [-0.05, 0) is 35.7 Å². The second-order valence-electron chi connectivity index (χ2n) is 4.60. The van der Waals surface area contributed by atoms with Gasteiger partial charge in [0.05, 0.1) is 16.4 Å². The molecule has 0 fully saturated rings. The molecular formula is C11H19BrFN3. The molecule has 5 heteroatoms. The summed E-state index contributed by atoms with van der Waals surface area (Å²) in [6.07, 6.45) is 1.63. The van der Waals surface area contributed by atoms with Crippen LogP contribution in [0.5, 0.6) is 0 Å². The molecule has 0 saturated heterocycles. The van der Waals surface area contributed by atoms with Crippen LogP contribution in [0.15, 0.2) is 10.7 Å². The van der Waals surface area contributed by atoms with Crippen LogP contribution < -0.4 is 5.73 Å². The third kappa shape index (κ3) is 2.15. The van der Waals surface area contributed by atoms with Crippen molar-refractivity contribution >= 4 is 15.9 Å². The molecule has 2 N–H and O–H groups in total. The van der Waals surface area contributed by atoms with Gasteiger partial charge >= 0.3 is 0 Å². The van der Waals surface area contributed by atoms with Crippen molar-refractivity contribution in [2.45, 2.75) is 39.4 Å². The lowest BCUT2D eigenvalue weighted by Crippen LogP contribution is -2.38. The van der Waals surface area contributed by atoms with Gasteiger partial charge in [-0.3, -0.25) is 4.68 Å². The van der Waals surface area contributed by atoms with Crippen LogP contribution in [-0.4, -0.2) is 16.3 Å². The Labute approximate surface area is 104 Å². The third-order valence-corrected chi connectivity index (χ3v) is 3.43. The highest BCUT2D eigenvalue weighted by Gasteiger charge is 2.39. The molecule has 1 rings (SSSR count). The Bertz CT molecular complexity index is 362. The Hall–Kier alpha value is -0.420.